The molecular formula is C17H23N3O3. The zero-order valence-electron chi connectivity index (χ0n) is 13.4. The first kappa shape index (κ1) is 15.9. The summed E-state index contributed by atoms with van der Waals surface area (Å²) in [4.78, 5) is 31.6. The molecule has 1 N–H and O–H groups in total. The summed E-state index contributed by atoms with van der Waals surface area (Å²) in [5.74, 6) is -0.486. The Morgan fingerprint density at radius 1 is 1.30 bits per heavy atom. The first-order valence-electron chi connectivity index (χ1n) is 8.12. The number of likely N-dealkylation sites (tertiary alicyclic amines) is 1. The fraction of sp³-hybridized carbons (Fsp3) is 0.588. The van der Waals surface area contributed by atoms with E-state index in [4.69, 9.17) is 0 Å². The molecule has 124 valence electrons. The van der Waals surface area contributed by atoms with Gasteiger partial charge in [-0.1, -0.05) is 0 Å². The predicted octanol–water partition coefficient (Wildman–Crippen LogP) is 1.08. The number of carbonyl (C=O) groups is 2. The molecule has 1 amide bonds. The van der Waals surface area contributed by atoms with Gasteiger partial charge in [0.2, 0.25) is 5.91 Å². The van der Waals surface area contributed by atoms with E-state index >= 15 is 0 Å². The number of carboxylic acids is 1. The molecule has 1 aliphatic heterocycles. The zero-order chi connectivity index (χ0) is 16.4. The molecular weight excluding hydrogens is 294 g/mol. The molecule has 0 aromatic carbocycles. The summed E-state index contributed by atoms with van der Waals surface area (Å²) in [7, 11) is 1.90. The molecule has 2 aliphatic rings. The van der Waals surface area contributed by atoms with E-state index in [1.54, 1.807) is 17.3 Å². The highest BCUT2D eigenvalue weighted by Gasteiger charge is 2.46. The Morgan fingerprint density at radius 2 is 2.00 bits per heavy atom. The van der Waals surface area contributed by atoms with E-state index in [9.17, 15) is 14.7 Å². The van der Waals surface area contributed by atoms with Crippen LogP contribution in [0.3, 0.4) is 0 Å². The number of nitrogens with zero attached hydrogens (tertiary/aromatic N) is 3. The van der Waals surface area contributed by atoms with E-state index < -0.39 is 11.9 Å². The maximum atomic E-state index is 12.5. The van der Waals surface area contributed by atoms with Crippen molar-refractivity contribution in [2.24, 2.45) is 17.8 Å². The van der Waals surface area contributed by atoms with Crippen molar-refractivity contribution < 1.29 is 14.7 Å². The van der Waals surface area contributed by atoms with E-state index in [1.807, 2.05) is 24.1 Å². The normalized spacial score (nSPS) is 24.2. The van der Waals surface area contributed by atoms with Gasteiger partial charge < -0.3 is 10.0 Å². The minimum Gasteiger partial charge on any atom is -0.481 e. The quantitative estimate of drug-likeness (QED) is 0.850. The fourth-order valence-electron chi connectivity index (χ4n) is 3.48. The van der Waals surface area contributed by atoms with Crippen LogP contribution in [0.5, 0.6) is 0 Å². The Hall–Kier alpha value is -1.95. The van der Waals surface area contributed by atoms with Gasteiger partial charge in [0, 0.05) is 32.0 Å². The Kier molecular flexibility index (Phi) is 4.61. The summed E-state index contributed by atoms with van der Waals surface area (Å²) in [6.07, 6.45) is 5.70. The number of likely N-dealkylation sites (N-methyl/N-ethyl adjacent to an activating group) is 1. The molecule has 0 spiro atoms. The van der Waals surface area contributed by atoms with Crippen LogP contribution in [0.25, 0.3) is 0 Å². The van der Waals surface area contributed by atoms with E-state index in [2.05, 4.69) is 4.98 Å². The molecule has 2 heterocycles. The molecule has 0 radical (unpaired) electrons. The molecule has 2 fully saturated rings. The van der Waals surface area contributed by atoms with Gasteiger partial charge >= 0.3 is 5.97 Å². The number of carboxylic acid groups (broad SMARTS) is 1. The summed E-state index contributed by atoms with van der Waals surface area (Å²) >= 11 is 0. The third kappa shape index (κ3) is 3.88. The second kappa shape index (κ2) is 6.66. The van der Waals surface area contributed by atoms with Crippen molar-refractivity contribution in [2.45, 2.75) is 19.4 Å². The number of carbonyl (C=O) groups excluding carboxylic acids is 1. The van der Waals surface area contributed by atoms with Crippen molar-refractivity contribution in [3.63, 3.8) is 0 Å². The first-order chi connectivity index (χ1) is 11.0. The van der Waals surface area contributed by atoms with Crippen LogP contribution in [0, 0.1) is 17.8 Å². The van der Waals surface area contributed by atoms with Gasteiger partial charge in [-0.25, -0.2) is 0 Å². The van der Waals surface area contributed by atoms with Crippen molar-refractivity contribution in [1.82, 2.24) is 14.8 Å². The molecule has 1 aromatic heterocycles. The maximum Gasteiger partial charge on any atom is 0.308 e. The van der Waals surface area contributed by atoms with Gasteiger partial charge in [0.05, 0.1) is 12.5 Å². The lowest BCUT2D eigenvalue weighted by atomic mass is 9.92. The molecule has 1 aromatic rings. The van der Waals surface area contributed by atoms with Crippen LogP contribution in [0.1, 0.15) is 18.4 Å². The van der Waals surface area contributed by atoms with Crippen LogP contribution in [0.2, 0.25) is 0 Å². The van der Waals surface area contributed by atoms with E-state index in [-0.39, 0.29) is 11.8 Å². The van der Waals surface area contributed by atoms with Crippen molar-refractivity contribution in [1.29, 1.82) is 0 Å². The van der Waals surface area contributed by atoms with Gasteiger partial charge in [-0.2, -0.15) is 0 Å². The summed E-state index contributed by atoms with van der Waals surface area (Å²) in [6.45, 7) is 1.95. The SMILES string of the molecule is CN(CC(=O)N1C[C@@H](C(=O)O)[C@H](C2CC2)C1)Cc1ccncc1. The topological polar surface area (TPSA) is 73.7 Å². The maximum absolute atomic E-state index is 12.5. The average molecular weight is 317 g/mol. The zero-order valence-corrected chi connectivity index (χ0v) is 13.4. The number of rotatable bonds is 6. The smallest absolute Gasteiger partial charge is 0.308 e. The molecule has 1 aliphatic carbocycles. The summed E-state index contributed by atoms with van der Waals surface area (Å²) in [5, 5.41) is 9.38. The summed E-state index contributed by atoms with van der Waals surface area (Å²) in [5.41, 5.74) is 1.11. The van der Waals surface area contributed by atoms with Crippen molar-refractivity contribution in [2.75, 3.05) is 26.7 Å². The lowest BCUT2D eigenvalue weighted by Crippen LogP contribution is -2.38. The van der Waals surface area contributed by atoms with Crippen LogP contribution in [-0.4, -0.2) is 58.4 Å². The molecule has 6 nitrogen and oxygen atoms in total. The number of aliphatic carboxylic acids is 1. The fourth-order valence-corrected chi connectivity index (χ4v) is 3.48. The summed E-state index contributed by atoms with van der Waals surface area (Å²) < 4.78 is 0. The van der Waals surface area contributed by atoms with Gasteiger partial charge in [0.1, 0.15) is 0 Å². The van der Waals surface area contributed by atoms with Crippen LogP contribution < -0.4 is 0 Å². The standard InChI is InChI=1S/C17H23N3O3/c1-19(8-12-4-6-18-7-5-12)11-16(21)20-9-14(13-2-3-13)15(10-20)17(22)23/h4-7,13-15H,2-3,8-11H2,1H3,(H,22,23)/t14-,15+/m0/s1. The van der Waals surface area contributed by atoms with Gasteiger partial charge in [-0.05, 0) is 49.4 Å². The van der Waals surface area contributed by atoms with Gasteiger partial charge in [0.15, 0.2) is 0 Å². The van der Waals surface area contributed by atoms with Crippen LogP contribution in [-0.2, 0) is 16.1 Å². The molecule has 1 saturated heterocycles. The first-order valence-corrected chi connectivity index (χ1v) is 8.12. The number of hydrogen-bond donors (Lipinski definition) is 1. The third-order valence-electron chi connectivity index (χ3n) is 4.87. The van der Waals surface area contributed by atoms with E-state index in [0.717, 1.165) is 18.4 Å². The van der Waals surface area contributed by atoms with Crippen LogP contribution in [0.15, 0.2) is 24.5 Å². The second-order valence-electron chi connectivity index (χ2n) is 6.77. The van der Waals surface area contributed by atoms with Gasteiger partial charge in [0.25, 0.3) is 0 Å². The predicted molar refractivity (Wildman–Crippen MR) is 84.5 cm³/mol. The van der Waals surface area contributed by atoms with Gasteiger partial charge in [-0.15, -0.1) is 0 Å². The minimum absolute atomic E-state index is 0.0240. The van der Waals surface area contributed by atoms with Crippen LogP contribution >= 0.6 is 0 Å². The number of hydrogen-bond acceptors (Lipinski definition) is 4. The highest BCUT2D eigenvalue weighted by atomic mass is 16.4. The highest BCUT2D eigenvalue weighted by molar-refractivity contribution is 5.80. The Morgan fingerprint density at radius 3 is 2.61 bits per heavy atom. The monoisotopic (exact) mass is 317 g/mol. The Labute approximate surface area is 136 Å². The minimum atomic E-state index is -0.762. The molecule has 3 rings (SSSR count). The van der Waals surface area contributed by atoms with Crippen LogP contribution in [0.4, 0.5) is 0 Å². The Balaban J connectivity index is 1.54. The molecule has 23 heavy (non-hydrogen) atoms. The summed E-state index contributed by atoms with van der Waals surface area (Å²) in [6, 6.07) is 3.86. The van der Waals surface area contributed by atoms with E-state index in [1.165, 1.54) is 0 Å². The average Bonchev–Trinajstić information content (AvgIpc) is 3.26. The molecule has 1 saturated carbocycles. The molecule has 0 bridgehead atoms. The number of amides is 1. The number of pyridine rings is 1. The lowest BCUT2D eigenvalue weighted by molar-refractivity contribution is -0.142. The number of aromatic nitrogens is 1. The highest BCUT2D eigenvalue weighted by Crippen LogP contribution is 2.44. The third-order valence-corrected chi connectivity index (χ3v) is 4.87. The molecule has 0 unspecified atom stereocenters. The second-order valence-corrected chi connectivity index (χ2v) is 6.77. The largest absolute Gasteiger partial charge is 0.481 e. The van der Waals surface area contributed by atoms with E-state index in [0.29, 0.717) is 32.1 Å². The van der Waals surface area contributed by atoms with Gasteiger partial charge in [-0.3, -0.25) is 19.5 Å². The van der Waals surface area contributed by atoms with Crippen molar-refractivity contribution >= 4 is 11.9 Å². The molecule has 6 heteroatoms. The van der Waals surface area contributed by atoms with Crippen molar-refractivity contribution in [3.8, 4) is 0 Å². The van der Waals surface area contributed by atoms with Crippen molar-refractivity contribution in [3.05, 3.63) is 30.1 Å². The molecule has 2 atom stereocenters. The lowest BCUT2D eigenvalue weighted by Gasteiger charge is -2.21. The Bertz CT molecular complexity index is 574.